The van der Waals surface area contributed by atoms with Gasteiger partial charge in [0.1, 0.15) is 18.0 Å². The van der Waals surface area contributed by atoms with Gasteiger partial charge in [0.05, 0.1) is 5.69 Å². The number of benzene rings is 2. The van der Waals surface area contributed by atoms with Crippen molar-refractivity contribution in [2.24, 2.45) is 0 Å². The van der Waals surface area contributed by atoms with Crippen LogP contribution in [0.15, 0.2) is 36.4 Å². The molecule has 2 aromatic rings. The second kappa shape index (κ2) is 4.95. The molecule has 0 spiro atoms. The van der Waals surface area contributed by atoms with Crippen molar-refractivity contribution in [1.29, 1.82) is 0 Å². The number of rotatable bonds is 3. The van der Waals surface area contributed by atoms with Crippen molar-refractivity contribution < 1.29 is 13.9 Å². The first-order valence-electron chi connectivity index (χ1n) is 6.92. The number of anilines is 1. The summed E-state index contributed by atoms with van der Waals surface area (Å²) in [6.45, 7) is 4.37. The van der Waals surface area contributed by atoms with Crippen LogP contribution in [0.5, 0.6) is 11.5 Å². The Bertz CT molecular complexity index is 682. The minimum atomic E-state index is -0.424. The molecular weight excluding hydrogens is 269 g/mol. The molecular formula is C17H18FNO2. The fraction of sp³-hybridized carbons (Fsp3) is 0.294. The number of para-hydroxylation sites is 1. The SMILES string of the molecule is CC1(C)Cc2cccc(OCc3ccc(N)c(F)c3)c2O1. The summed E-state index contributed by atoms with van der Waals surface area (Å²) >= 11 is 0. The lowest BCUT2D eigenvalue weighted by molar-refractivity contribution is 0.131. The van der Waals surface area contributed by atoms with Crippen LogP contribution in [0.25, 0.3) is 0 Å². The van der Waals surface area contributed by atoms with Crippen LogP contribution in [0.4, 0.5) is 10.1 Å². The summed E-state index contributed by atoms with van der Waals surface area (Å²) in [6, 6.07) is 10.6. The van der Waals surface area contributed by atoms with E-state index >= 15 is 0 Å². The van der Waals surface area contributed by atoms with E-state index in [0.717, 1.165) is 23.3 Å². The highest BCUT2D eigenvalue weighted by Gasteiger charge is 2.32. The minimum Gasteiger partial charge on any atom is -0.485 e. The highest BCUT2D eigenvalue weighted by molar-refractivity contribution is 5.50. The molecule has 21 heavy (non-hydrogen) atoms. The van der Waals surface area contributed by atoms with Gasteiger partial charge in [-0.25, -0.2) is 4.39 Å². The lowest BCUT2D eigenvalue weighted by Crippen LogP contribution is -2.24. The Morgan fingerprint density at radius 3 is 2.86 bits per heavy atom. The molecule has 3 rings (SSSR count). The third-order valence-corrected chi connectivity index (χ3v) is 3.51. The van der Waals surface area contributed by atoms with Gasteiger partial charge in [-0.1, -0.05) is 18.2 Å². The van der Waals surface area contributed by atoms with E-state index in [1.807, 2.05) is 32.0 Å². The summed E-state index contributed by atoms with van der Waals surface area (Å²) in [4.78, 5) is 0. The number of fused-ring (bicyclic) bond motifs is 1. The Labute approximate surface area is 123 Å². The van der Waals surface area contributed by atoms with Crippen molar-refractivity contribution in [3.05, 3.63) is 53.3 Å². The van der Waals surface area contributed by atoms with E-state index in [1.54, 1.807) is 12.1 Å². The quantitative estimate of drug-likeness (QED) is 0.875. The first kappa shape index (κ1) is 13.7. The predicted octanol–water partition coefficient (Wildman–Crippen LogP) is 3.70. The first-order valence-corrected chi connectivity index (χ1v) is 6.92. The number of hydrogen-bond acceptors (Lipinski definition) is 3. The molecule has 1 heterocycles. The number of ether oxygens (including phenoxy) is 2. The molecule has 3 nitrogen and oxygen atoms in total. The molecule has 4 heteroatoms. The Morgan fingerprint density at radius 2 is 2.10 bits per heavy atom. The number of nitrogens with two attached hydrogens (primary N) is 1. The third kappa shape index (κ3) is 2.79. The zero-order chi connectivity index (χ0) is 15.0. The number of halogens is 1. The molecule has 0 saturated carbocycles. The van der Waals surface area contributed by atoms with E-state index in [2.05, 4.69) is 0 Å². The average Bonchev–Trinajstić information content (AvgIpc) is 2.74. The van der Waals surface area contributed by atoms with Gasteiger partial charge in [-0.15, -0.1) is 0 Å². The summed E-state index contributed by atoms with van der Waals surface area (Å²) in [5.74, 6) is 1.06. The van der Waals surface area contributed by atoms with Crippen molar-refractivity contribution in [3.8, 4) is 11.5 Å². The zero-order valence-electron chi connectivity index (χ0n) is 12.2. The summed E-state index contributed by atoms with van der Waals surface area (Å²) < 4.78 is 25.1. The fourth-order valence-electron chi connectivity index (χ4n) is 2.52. The Hall–Kier alpha value is -2.23. The molecule has 110 valence electrons. The molecule has 1 aliphatic heterocycles. The molecule has 0 atom stereocenters. The van der Waals surface area contributed by atoms with Gasteiger partial charge in [0, 0.05) is 12.0 Å². The van der Waals surface area contributed by atoms with Crippen LogP contribution in [0.2, 0.25) is 0 Å². The van der Waals surface area contributed by atoms with E-state index in [9.17, 15) is 4.39 Å². The number of nitrogen functional groups attached to an aromatic ring is 1. The van der Waals surface area contributed by atoms with Crippen LogP contribution in [0.1, 0.15) is 25.0 Å². The summed E-state index contributed by atoms with van der Waals surface area (Å²) in [6.07, 6.45) is 0.857. The maximum atomic E-state index is 13.4. The van der Waals surface area contributed by atoms with Gasteiger partial charge in [0.2, 0.25) is 0 Å². The molecule has 0 saturated heterocycles. The van der Waals surface area contributed by atoms with Gasteiger partial charge in [-0.05, 0) is 37.6 Å². The van der Waals surface area contributed by atoms with Gasteiger partial charge in [-0.2, -0.15) is 0 Å². The van der Waals surface area contributed by atoms with Crippen LogP contribution >= 0.6 is 0 Å². The smallest absolute Gasteiger partial charge is 0.165 e. The summed E-state index contributed by atoms with van der Waals surface area (Å²) in [5, 5.41) is 0. The maximum absolute atomic E-state index is 13.4. The zero-order valence-corrected chi connectivity index (χ0v) is 12.2. The highest BCUT2D eigenvalue weighted by Crippen LogP contribution is 2.41. The molecule has 0 aromatic heterocycles. The molecule has 1 aliphatic rings. The van der Waals surface area contributed by atoms with Crippen LogP contribution in [-0.4, -0.2) is 5.60 Å². The predicted molar refractivity (Wildman–Crippen MR) is 80.0 cm³/mol. The molecule has 2 N–H and O–H groups in total. The van der Waals surface area contributed by atoms with Crippen molar-refractivity contribution in [3.63, 3.8) is 0 Å². The van der Waals surface area contributed by atoms with E-state index in [0.29, 0.717) is 5.75 Å². The van der Waals surface area contributed by atoms with Gasteiger partial charge in [0.25, 0.3) is 0 Å². The summed E-state index contributed by atoms with van der Waals surface area (Å²) in [5.41, 5.74) is 7.27. The van der Waals surface area contributed by atoms with Gasteiger partial charge in [0.15, 0.2) is 11.5 Å². The largest absolute Gasteiger partial charge is 0.485 e. The molecule has 0 amide bonds. The third-order valence-electron chi connectivity index (χ3n) is 3.51. The summed E-state index contributed by atoms with van der Waals surface area (Å²) in [7, 11) is 0. The van der Waals surface area contributed by atoms with Crippen LogP contribution in [-0.2, 0) is 13.0 Å². The molecule has 0 radical (unpaired) electrons. The first-order chi connectivity index (χ1) is 9.94. The molecule has 0 fully saturated rings. The lowest BCUT2D eigenvalue weighted by Gasteiger charge is -2.18. The van der Waals surface area contributed by atoms with Gasteiger partial charge < -0.3 is 15.2 Å². The Morgan fingerprint density at radius 1 is 1.29 bits per heavy atom. The Balaban J connectivity index is 1.78. The second-order valence-electron chi connectivity index (χ2n) is 5.93. The maximum Gasteiger partial charge on any atom is 0.165 e. The Kier molecular flexibility index (Phi) is 3.24. The van der Waals surface area contributed by atoms with Crippen molar-refractivity contribution in [1.82, 2.24) is 0 Å². The van der Waals surface area contributed by atoms with Crippen LogP contribution in [0, 0.1) is 5.82 Å². The van der Waals surface area contributed by atoms with E-state index < -0.39 is 5.82 Å². The van der Waals surface area contributed by atoms with Crippen molar-refractivity contribution in [2.75, 3.05) is 5.73 Å². The van der Waals surface area contributed by atoms with Crippen LogP contribution < -0.4 is 15.2 Å². The topological polar surface area (TPSA) is 44.5 Å². The van der Waals surface area contributed by atoms with Crippen LogP contribution in [0.3, 0.4) is 0 Å². The number of hydrogen-bond donors (Lipinski definition) is 1. The lowest BCUT2D eigenvalue weighted by atomic mass is 10.0. The van der Waals surface area contributed by atoms with E-state index in [4.69, 9.17) is 15.2 Å². The monoisotopic (exact) mass is 287 g/mol. The fourth-order valence-corrected chi connectivity index (χ4v) is 2.52. The second-order valence-corrected chi connectivity index (χ2v) is 5.93. The van der Waals surface area contributed by atoms with Crippen molar-refractivity contribution >= 4 is 5.69 Å². The van der Waals surface area contributed by atoms with E-state index in [1.165, 1.54) is 6.07 Å². The molecule has 2 aromatic carbocycles. The van der Waals surface area contributed by atoms with Gasteiger partial charge >= 0.3 is 0 Å². The van der Waals surface area contributed by atoms with E-state index in [-0.39, 0.29) is 17.9 Å². The molecule has 0 unspecified atom stereocenters. The highest BCUT2D eigenvalue weighted by atomic mass is 19.1. The standard InChI is InChI=1S/C17H18FNO2/c1-17(2)9-12-4-3-5-15(16(12)21-17)20-10-11-6-7-14(19)13(18)8-11/h3-8H,9-10,19H2,1-2H3. The van der Waals surface area contributed by atoms with Crippen molar-refractivity contribution in [2.45, 2.75) is 32.5 Å². The molecule has 0 bridgehead atoms. The minimum absolute atomic E-state index is 0.143. The molecule has 0 aliphatic carbocycles. The van der Waals surface area contributed by atoms with Gasteiger partial charge in [-0.3, -0.25) is 0 Å². The normalized spacial score (nSPS) is 15.4. The average molecular weight is 287 g/mol.